The zero-order chi connectivity index (χ0) is 13.1. The molecular weight excluding hydrogens is 240 g/mol. The first-order valence-corrected chi connectivity index (χ1v) is 6.71. The van der Waals surface area contributed by atoms with Crippen LogP contribution in [-0.2, 0) is 6.42 Å². The molecule has 5 nitrogen and oxygen atoms in total. The molecule has 0 saturated carbocycles. The van der Waals surface area contributed by atoms with Gasteiger partial charge >= 0.3 is 6.01 Å². The molecule has 0 radical (unpaired) electrons. The zero-order valence-corrected chi connectivity index (χ0v) is 10.8. The van der Waals surface area contributed by atoms with Crippen molar-refractivity contribution in [2.24, 2.45) is 5.73 Å². The highest BCUT2D eigenvalue weighted by Gasteiger charge is 2.20. The predicted octanol–water partition coefficient (Wildman–Crippen LogP) is 1.91. The predicted molar refractivity (Wildman–Crippen MR) is 72.8 cm³/mol. The maximum absolute atomic E-state index is 6.12. The summed E-state index contributed by atoms with van der Waals surface area (Å²) in [5.74, 6) is 0.519. The van der Waals surface area contributed by atoms with Gasteiger partial charge in [-0.3, -0.25) is 0 Å². The van der Waals surface area contributed by atoms with Crippen LogP contribution in [0.3, 0.4) is 0 Å². The first kappa shape index (κ1) is 12.2. The Labute approximate surface area is 112 Å². The molecule has 2 N–H and O–H groups in total. The molecule has 2 aromatic rings. The minimum Gasteiger partial charge on any atom is -0.406 e. The Morgan fingerprint density at radius 2 is 1.89 bits per heavy atom. The lowest BCUT2D eigenvalue weighted by atomic mass is 10.1. The zero-order valence-electron chi connectivity index (χ0n) is 10.8. The Morgan fingerprint density at radius 1 is 1.16 bits per heavy atom. The fourth-order valence-corrected chi connectivity index (χ4v) is 2.37. The third kappa shape index (κ3) is 2.76. The van der Waals surface area contributed by atoms with Crippen LogP contribution in [0.15, 0.2) is 34.7 Å². The number of benzene rings is 1. The van der Waals surface area contributed by atoms with Gasteiger partial charge in [0.25, 0.3) is 0 Å². The summed E-state index contributed by atoms with van der Waals surface area (Å²) in [6.45, 7) is 1.99. The van der Waals surface area contributed by atoms with Crippen LogP contribution in [0, 0.1) is 0 Å². The Hall–Kier alpha value is -1.88. The summed E-state index contributed by atoms with van der Waals surface area (Å²) in [6.07, 6.45) is 3.09. The van der Waals surface area contributed by atoms with E-state index < -0.39 is 0 Å². The number of nitrogens with zero attached hydrogens (tertiary/aromatic N) is 3. The minimum atomic E-state index is -0.244. The number of rotatable bonds is 4. The first-order chi connectivity index (χ1) is 9.33. The summed E-state index contributed by atoms with van der Waals surface area (Å²) in [5, 5.41) is 8.16. The van der Waals surface area contributed by atoms with E-state index in [0.717, 1.165) is 13.1 Å². The van der Waals surface area contributed by atoms with Crippen LogP contribution in [0.2, 0.25) is 0 Å². The molecule has 1 atom stereocenters. The normalized spacial score (nSPS) is 16.8. The highest BCUT2D eigenvalue weighted by molar-refractivity contribution is 5.26. The third-order valence-corrected chi connectivity index (χ3v) is 3.42. The van der Waals surface area contributed by atoms with E-state index in [0.29, 0.717) is 18.3 Å². The second kappa shape index (κ2) is 5.40. The third-order valence-electron chi connectivity index (χ3n) is 3.42. The molecule has 2 heterocycles. The van der Waals surface area contributed by atoms with E-state index in [1.165, 1.54) is 18.4 Å². The summed E-state index contributed by atoms with van der Waals surface area (Å²) >= 11 is 0. The fraction of sp³-hybridized carbons (Fsp3) is 0.429. The van der Waals surface area contributed by atoms with Gasteiger partial charge in [-0.1, -0.05) is 35.4 Å². The largest absolute Gasteiger partial charge is 0.406 e. The Morgan fingerprint density at radius 3 is 2.63 bits per heavy atom. The highest BCUT2D eigenvalue weighted by atomic mass is 16.4. The van der Waals surface area contributed by atoms with Gasteiger partial charge in [0.2, 0.25) is 5.89 Å². The van der Waals surface area contributed by atoms with Gasteiger partial charge in [0.1, 0.15) is 0 Å². The molecule has 19 heavy (non-hydrogen) atoms. The standard InChI is InChI=1S/C14H18N4O/c15-12(10-11-6-2-1-3-7-11)13-16-17-14(19-13)18-8-4-5-9-18/h1-3,6-7,12H,4-5,8-10,15H2. The summed E-state index contributed by atoms with van der Waals surface area (Å²) in [5.41, 5.74) is 7.30. The van der Waals surface area contributed by atoms with Crippen molar-refractivity contribution in [2.75, 3.05) is 18.0 Å². The first-order valence-electron chi connectivity index (χ1n) is 6.71. The molecule has 100 valence electrons. The average molecular weight is 258 g/mol. The monoisotopic (exact) mass is 258 g/mol. The second-order valence-electron chi connectivity index (χ2n) is 4.91. The van der Waals surface area contributed by atoms with Crippen molar-refractivity contribution in [3.8, 4) is 0 Å². The molecule has 1 aromatic carbocycles. The van der Waals surface area contributed by atoms with Crippen LogP contribution in [0.1, 0.15) is 30.3 Å². The van der Waals surface area contributed by atoms with Crippen molar-refractivity contribution in [1.29, 1.82) is 0 Å². The van der Waals surface area contributed by atoms with Gasteiger partial charge < -0.3 is 15.1 Å². The lowest BCUT2D eigenvalue weighted by Gasteiger charge is -2.10. The fourth-order valence-electron chi connectivity index (χ4n) is 2.37. The van der Waals surface area contributed by atoms with E-state index in [-0.39, 0.29) is 6.04 Å². The van der Waals surface area contributed by atoms with Crippen molar-refractivity contribution in [1.82, 2.24) is 10.2 Å². The van der Waals surface area contributed by atoms with E-state index in [1.807, 2.05) is 18.2 Å². The number of aromatic nitrogens is 2. The Kier molecular flexibility index (Phi) is 3.46. The van der Waals surface area contributed by atoms with E-state index in [4.69, 9.17) is 10.2 Å². The molecule has 3 rings (SSSR count). The van der Waals surface area contributed by atoms with Crippen LogP contribution < -0.4 is 10.6 Å². The molecule has 0 bridgehead atoms. The van der Waals surface area contributed by atoms with Crippen molar-refractivity contribution in [3.63, 3.8) is 0 Å². The maximum Gasteiger partial charge on any atom is 0.318 e. The van der Waals surface area contributed by atoms with Gasteiger partial charge in [0.15, 0.2) is 0 Å². The molecule has 1 fully saturated rings. The average Bonchev–Trinajstić information content (AvgIpc) is 3.11. The second-order valence-corrected chi connectivity index (χ2v) is 4.91. The molecule has 1 aliphatic rings. The summed E-state index contributed by atoms with van der Waals surface area (Å²) in [7, 11) is 0. The summed E-state index contributed by atoms with van der Waals surface area (Å²) in [4.78, 5) is 2.12. The lowest BCUT2D eigenvalue weighted by molar-refractivity contribution is 0.447. The maximum atomic E-state index is 6.12. The number of hydrogen-bond donors (Lipinski definition) is 1. The number of hydrogen-bond acceptors (Lipinski definition) is 5. The van der Waals surface area contributed by atoms with Crippen LogP contribution >= 0.6 is 0 Å². The van der Waals surface area contributed by atoms with E-state index >= 15 is 0 Å². The summed E-state index contributed by atoms with van der Waals surface area (Å²) < 4.78 is 5.68. The number of nitrogens with two attached hydrogens (primary N) is 1. The van der Waals surface area contributed by atoms with Crippen molar-refractivity contribution in [3.05, 3.63) is 41.8 Å². The van der Waals surface area contributed by atoms with Gasteiger partial charge in [-0.15, -0.1) is 5.10 Å². The van der Waals surface area contributed by atoms with E-state index in [2.05, 4.69) is 27.2 Å². The molecule has 0 aliphatic carbocycles. The Balaban J connectivity index is 1.68. The SMILES string of the molecule is NC(Cc1ccccc1)c1nnc(N2CCCC2)o1. The minimum absolute atomic E-state index is 0.244. The van der Waals surface area contributed by atoms with E-state index in [1.54, 1.807) is 0 Å². The van der Waals surface area contributed by atoms with Gasteiger partial charge in [0, 0.05) is 13.1 Å². The van der Waals surface area contributed by atoms with Gasteiger partial charge in [-0.25, -0.2) is 0 Å². The van der Waals surface area contributed by atoms with Gasteiger partial charge in [-0.2, -0.15) is 0 Å². The molecule has 1 aliphatic heterocycles. The van der Waals surface area contributed by atoms with Gasteiger partial charge in [0.05, 0.1) is 6.04 Å². The smallest absolute Gasteiger partial charge is 0.318 e. The molecular formula is C14H18N4O. The molecule has 5 heteroatoms. The number of anilines is 1. The molecule has 1 aromatic heterocycles. The van der Waals surface area contributed by atoms with Crippen LogP contribution in [-0.4, -0.2) is 23.3 Å². The highest BCUT2D eigenvalue weighted by Crippen LogP contribution is 2.22. The summed E-state index contributed by atoms with van der Waals surface area (Å²) in [6, 6.07) is 10.5. The van der Waals surface area contributed by atoms with Gasteiger partial charge in [-0.05, 0) is 24.8 Å². The van der Waals surface area contributed by atoms with Crippen molar-refractivity contribution in [2.45, 2.75) is 25.3 Å². The topological polar surface area (TPSA) is 68.2 Å². The van der Waals surface area contributed by atoms with E-state index in [9.17, 15) is 0 Å². The molecule has 0 amide bonds. The van der Waals surface area contributed by atoms with Crippen LogP contribution in [0.25, 0.3) is 0 Å². The lowest BCUT2D eigenvalue weighted by Crippen LogP contribution is -2.17. The quantitative estimate of drug-likeness (QED) is 0.907. The van der Waals surface area contributed by atoms with Crippen LogP contribution in [0.4, 0.5) is 6.01 Å². The van der Waals surface area contributed by atoms with Crippen molar-refractivity contribution >= 4 is 6.01 Å². The van der Waals surface area contributed by atoms with Crippen LogP contribution in [0.5, 0.6) is 0 Å². The Bertz CT molecular complexity index is 519. The molecule has 1 unspecified atom stereocenters. The molecule has 0 spiro atoms. The van der Waals surface area contributed by atoms with Crippen molar-refractivity contribution < 1.29 is 4.42 Å². The molecule has 1 saturated heterocycles.